The van der Waals surface area contributed by atoms with Crippen LogP contribution in [-0.4, -0.2) is 24.2 Å². The average molecular weight is 355 g/mol. The number of nitrogens with zero attached hydrogens (tertiary/aromatic N) is 1. The van der Waals surface area contributed by atoms with Gasteiger partial charge in [0.05, 0.1) is 13.2 Å². The highest BCUT2D eigenvalue weighted by Gasteiger charge is 2.30. The first-order chi connectivity index (χ1) is 12.8. The molecule has 1 aromatic carbocycles. The van der Waals surface area contributed by atoms with E-state index in [1.165, 1.54) is 31.2 Å². The van der Waals surface area contributed by atoms with E-state index in [0.717, 1.165) is 43.4 Å². The monoisotopic (exact) mass is 355 g/mol. The zero-order valence-corrected chi connectivity index (χ0v) is 15.7. The van der Waals surface area contributed by atoms with Gasteiger partial charge in [-0.1, -0.05) is 18.2 Å². The lowest BCUT2D eigenvalue weighted by Crippen LogP contribution is -2.25. The summed E-state index contributed by atoms with van der Waals surface area (Å²) in [6.07, 6.45) is 6.15. The molecule has 2 heterocycles. The number of furan rings is 1. The molecule has 1 aromatic heterocycles. The fraction of sp³-hybridized carbons (Fsp3) is 0.545. The topological polar surface area (TPSA) is 34.8 Å². The van der Waals surface area contributed by atoms with Crippen molar-refractivity contribution in [2.75, 3.05) is 13.2 Å². The van der Waals surface area contributed by atoms with Crippen molar-refractivity contribution >= 4 is 0 Å². The fourth-order valence-corrected chi connectivity index (χ4v) is 3.72. The third-order valence-corrected chi connectivity index (χ3v) is 5.25. The van der Waals surface area contributed by atoms with Gasteiger partial charge in [-0.3, -0.25) is 4.90 Å². The number of benzene rings is 1. The maximum atomic E-state index is 6.15. The van der Waals surface area contributed by atoms with Crippen molar-refractivity contribution in [1.82, 2.24) is 4.90 Å². The Labute approximate surface area is 156 Å². The molecule has 1 aliphatic carbocycles. The molecule has 4 nitrogen and oxygen atoms in total. The van der Waals surface area contributed by atoms with Crippen LogP contribution < -0.4 is 4.74 Å². The van der Waals surface area contributed by atoms with Crippen LogP contribution in [0.4, 0.5) is 0 Å². The predicted octanol–water partition coefficient (Wildman–Crippen LogP) is 5.08. The van der Waals surface area contributed by atoms with Gasteiger partial charge < -0.3 is 13.9 Å². The molecular weight excluding hydrogens is 326 g/mol. The molecule has 0 amide bonds. The van der Waals surface area contributed by atoms with E-state index in [9.17, 15) is 0 Å². The Bertz CT molecular complexity index is 701. The summed E-state index contributed by atoms with van der Waals surface area (Å²) in [6, 6.07) is 13.2. The number of rotatable bonds is 8. The second-order valence-electron chi connectivity index (χ2n) is 7.34. The van der Waals surface area contributed by atoms with E-state index in [-0.39, 0.29) is 6.10 Å². The van der Waals surface area contributed by atoms with Crippen LogP contribution in [0, 0.1) is 0 Å². The van der Waals surface area contributed by atoms with Gasteiger partial charge in [0.15, 0.2) is 0 Å². The number of ether oxygens (including phenoxy) is 2. The summed E-state index contributed by atoms with van der Waals surface area (Å²) in [5.41, 5.74) is 1.25. The summed E-state index contributed by atoms with van der Waals surface area (Å²) in [5, 5.41) is 0. The molecule has 4 heteroatoms. The largest absolute Gasteiger partial charge is 0.494 e. The normalized spacial score (nSPS) is 20.5. The Balaban J connectivity index is 1.44. The number of hydrogen-bond donors (Lipinski definition) is 0. The summed E-state index contributed by atoms with van der Waals surface area (Å²) in [5.74, 6) is 3.02. The fourth-order valence-electron chi connectivity index (χ4n) is 3.72. The van der Waals surface area contributed by atoms with Gasteiger partial charge in [-0.2, -0.15) is 0 Å². The van der Waals surface area contributed by atoms with Crippen LogP contribution in [0.2, 0.25) is 0 Å². The Hall–Kier alpha value is -1.78. The first-order valence-electron chi connectivity index (χ1n) is 9.98. The van der Waals surface area contributed by atoms with Crippen LogP contribution in [0.1, 0.15) is 62.2 Å². The minimum Gasteiger partial charge on any atom is -0.494 e. The van der Waals surface area contributed by atoms with E-state index in [1.807, 2.05) is 13.0 Å². The van der Waals surface area contributed by atoms with E-state index in [1.54, 1.807) is 0 Å². The minimum atomic E-state index is 0.144. The van der Waals surface area contributed by atoms with Crippen molar-refractivity contribution in [3.8, 4) is 5.75 Å². The molecule has 0 bridgehead atoms. The molecular formula is C22H29NO3. The molecule has 2 fully saturated rings. The van der Waals surface area contributed by atoms with Crippen LogP contribution in [0.5, 0.6) is 5.75 Å². The van der Waals surface area contributed by atoms with Gasteiger partial charge >= 0.3 is 0 Å². The Kier molecular flexibility index (Phi) is 5.61. The van der Waals surface area contributed by atoms with Crippen molar-refractivity contribution in [1.29, 1.82) is 0 Å². The molecule has 1 saturated heterocycles. The molecule has 140 valence electrons. The smallest absolute Gasteiger partial charge is 0.133 e. The lowest BCUT2D eigenvalue weighted by atomic mass is 10.1. The van der Waals surface area contributed by atoms with Crippen molar-refractivity contribution in [2.24, 2.45) is 0 Å². The van der Waals surface area contributed by atoms with E-state index in [4.69, 9.17) is 13.9 Å². The van der Waals surface area contributed by atoms with Gasteiger partial charge in [0, 0.05) is 24.8 Å². The van der Waals surface area contributed by atoms with Crippen molar-refractivity contribution < 1.29 is 13.9 Å². The lowest BCUT2D eigenvalue weighted by Gasteiger charge is -2.23. The van der Waals surface area contributed by atoms with E-state index < -0.39 is 0 Å². The molecule has 0 radical (unpaired) electrons. The maximum Gasteiger partial charge on any atom is 0.133 e. The van der Waals surface area contributed by atoms with Crippen LogP contribution >= 0.6 is 0 Å². The van der Waals surface area contributed by atoms with Gasteiger partial charge in [0.25, 0.3) is 0 Å². The highest BCUT2D eigenvalue weighted by atomic mass is 16.5. The van der Waals surface area contributed by atoms with Crippen molar-refractivity contribution in [3.63, 3.8) is 0 Å². The maximum absolute atomic E-state index is 6.15. The second-order valence-corrected chi connectivity index (χ2v) is 7.34. The third-order valence-electron chi connectivity index (χ3n) is 5.25. The van der Waals surface area contributed by atoms with Gasteiger partial charge in [-0.25, -0.2) is 0 Å². The molecule has 1 aliphatic heterocycles. The van der Waals surface area contributed by atoms with Crippen LogP contribution in [0.15, 0.2) is 40.8 Å². The molecule has 0 spiro atoms. The highest BCUT2D eigenvalue weighted by molar-refractivity contribution is 5.33. The zero-order valence-electron chi connectivity index (χ0n) is 15.7. The molecule has 1 atom stereocenters. The van der Waals surface area contributed by atoms with Crippen molar-refractivity contribution in [3.05, 3.63) is 53.5 Å². The van der Waals surface area contributed by atoms with Gasteiger partial charge in [0.1, 0.15) is 23.4 Å². The summed E-state index contributed by atoms with van der Waals surface area (Å²) < 4.78 is 17.8. The van der Waals surface area contributed by atoms with Gasteiger partial charge in [0.2, 0.25) is 0 Å². The molecule has 1 unspecified atom stereocenters. The second kappa shape index (κ2) is 8.28. The summed E-state index contributed by atoms with van der Waals surface area (Å²) >= 11 is 0. The SMILES string of the molecule is CCOc1ccccc1CN(Cc1ccc(C2CCCCO2)o1)C1CC1. The quantitative estimate of drug-likeness (QED) is 0.661. The average Bonchev–Trinajstić information content (AvgIpc) is 3.42. The van der Waals surface area contributed by atoms with Crippen LogP contribution in [-0.2, 0) is 17.8 Å². The molecule has 1 saturated carbocycles. The molecule has 2 aliphatic rings. The van der Waals surface area contributed by atoms with E-state index in [0.29, 0.717) is 12.6 Å². The highest BCUT2D eigenvalue weighted by Crippen LogP contribution is 2.33. The standard InChI is InChI=1S/C22H29NO3/c1-2-24-20-8-4-3-7-17(20)15-23(18-10-11-18)16-19-12-13-22(26-19)21-9-5-6-14-25-21/h3-4,7-8,12-13,18,21H,2,5-6,9-11,14-16H2,1H3. The summed E-state index contributed by atoms with van der Waals surface area (Å²) in [4.78, 5) is 2.52. The summed E-state index contributed by atoms with van der Waals surface area (Å²) in [6.45, 7) is 5.33. The number of para-hydroxylation sites is 1. The van der Waals surface area contributed by atoms with Gasteiger partial charge in [-0.15, -0.1) is 0 Å². The minimum absolute atomic E-state index is 0.144. The van der Waals surface area contributed by atoms with Crippen LogP contribution in [0.25, 0.3) is 0 Å². The third kappa shape index (κ3) is 4.30. The Morgan fingerprint density at radius 1 is 1.04 bits per heavy atom. The zero-order chi connectivity index (χ0) is 17.8. The Morgan fingerprint density at radius 2 is 1.92 bits per heavy atom. The Morgan fingerprint density at radius 3 is 2.69 bits per heavy atom. The van der Waals surface area contributed by atoms with Gasteiger partial charge in [-0.05, 0) is 57.2 Å². The first kappa shape index (κ1) is 17.6. The molecule has 26 heavy (non-hydrogen) atoms. The van der Waals surface area contributed by atoms with E-state index >= 15 is 0 Å². The first-order valence-corrected chi connectivity index (χ1v) is 9.98. The number of hydrogen-bond acceptors (Lipinski definition) is 4. The lowest BCUT2D eigenvalue weighted by molar-refractivity contribution is 0.000783. The molecule has 4 rings (SSSR count). The van der Waals surface area contributed by atoms with E-state index in [2.05, 4.69) is 35.2 Å². The van der Waals surface area contributed by atoms with Crippen molar-refractivity contribution in [2.45, 2.75) is 64.3 Å². The summed E-state index contributed by atoms with van der Waals surface area (Å²) in [7, 11) is 0. The van der Waals surface area contributed by atoms with Crippen LogP contribution in [0.3, 0.4) is 0 Å². The molecule has 0 N–H and O–H groups in total. The predicted molar refractivity (Wildman–Crippen MR) is 101 cm³/mol. The molecule has 2 aromatic rings.